The SMILES string of the molecule is Clc1ccc2nc(-c3ccccc3)n(Cc3ccc4ccccc4c3)c2c1. The molecule has 4 aromatic carbocycles. The summed E-state index contributed by atoms with van der Waals surface area (Å²) >= 11 is 6.29. The van der Waals surface area contributed by atoms with E-state index in [1.165, 1.54) is 16.3 Å². The Balaban J connectivity index is 1.69. The van der Waals surface area contributed by atoms with Crippen LogP contribution in [0.4, 0.5) is 0 Å². The zero-order valence-corrected chi connectivity index (χ0v) is 15.4. The highest BCUT2D eigenvalue weighted by Gasteiger charge is 2.13. The van der Waals surface area contributed by atoms with Gasteiger partial charge in [0.2, 0.25) is 0 Å². The minimum Gasteiger partial charge on any atom is -0.319 e. The number of aromatic nitrogens is 2. The second-order valence-corrected chi connectivity index (χ2v) is 7.14. The Hall–Kier alpha value is -3.10. The predicted molar refractivity (Wildman–Crippen MR) is 113 cm³/mol. The number of imidazole rings is 1. The Morgan fingerprint density at radius 3 is 2.37 bits per heavy atom. The number of rotatable bonds is 3. The highest BCUT2D eigenvalue weighted by Crippen LogP contribution is 2.28. The van der Waals surface area contributed by atoms with Gasteiger partial charge in [-0.3, -0.25) is 0 Å². The van der Waals surface area contributed by atoms with E-state index in [1.807, 2.05) is 36.4 Å². The molecule has 0 saturated heterocycles. The van der Waals surface area contributed by atoms with Crippen molar-refractivity contribution in [2.24, 2.45) is 0 Å². The minimum atomic E-state index is 0.724. The monoisotopic (exact) mass is 368 g/mol. The largest absolute Gasteiger partial charge is 0.319 e. The van der Waals surface area contributed by atoms with Crippen LogP contribution in [0.2, 0.25) is 5.02 Å². The van der Waals surface area contributed by atoms with Crippen LogP contribution in [0.1, 0.15) is 5.56 Å². The lowest BCUT2D eigenvalue weighted by molar-refractivity contribution is 0.835. The van der Waals surface area contributed by atoms with E-state index in [4.69, 9.17) is 16.6 Å². The second-order valence-electron chi connectivity index (χ2n) is 6.70. The van der Waals surface area contributed by atoms with Gasteiger partial charge in [0, 0.05) is 17.1 Å². The van der Waals surface area contributed by atoms with Gasteiger partial charge in [-0.15, -0.1) is 0 Å². The van der Waals surface area contributed by atoms with E-state index in [9.17, 15) is 0 Å². The molecule has 0 aliphatic rings. The molecule has 2 nitrogen and oxygen atoms in total. The summed E-state index contributed by atoms with van der Waals surface area (Å²) in [7, 11) is 0. The Morgan fingerprint density at radius 1 is 0.741 bits per heavy atom. The highest BCUT2D eigenvalue weighted by molar-refractivity contribution is 6.31. The topological polar surface area (TPSA) is 17.8 Å². The van der Waals surface area contributed by atoms with E-state index >= 15 is 0 Å². The van der Waals surface area contributed by atoms with E-state index in [0.29, 0.717) is 0 Å². The molecule has 27 heavy (non-hydrogen) atoms. The summed E-state index contributed by atoms with van der Waals surface area (Å²) in [5, 5.41) is 3.23. The maximum atomic E-state index is 6.29. The molecule has 0 spiro atoms. The molecule has 1 aromatic heterocycles. The quantitative estimate of drug-likeness (QED) is 0.352. The third kappa shape index (κ3) is 2.98. The summed E-state index contributed by atoms with van der Waals surface area (Å²) in [6, 6.07) is 31.2. The fourth-order valence-electron chi connectivity index (χ4n) is 3.58. The van der Waals surface area contributed by atoms with Gasteiger partial charge in [0.1, 0.15) is 5.82 Å². The second kappa shape index (κ2) is 6.57. The normalized spacial score (nSPS) is 11.3. The molecule has 0 saturated carbocycles. The van der Waals surface area contributed by atoms with Crippen LogP contribution >= 0.6 is 11.6 Å². The molecule has 130 valence electrons. The molecule has 0 bridgehead atoms. The van der Waals surface area contributed by atoms with Crippen LogP contribution < -0.4 is 0 Å². The van der Waals surface area contributed by atoms with Gasteiger partial charge in [-0.1, -0.05) is 78.3 Å². The van der Waals surface area contributed by atoms with Gasteiger partial charge < -0.3 is 4.57 Å². The fraction of sp³-hybridized carbons (Fsp3) is 0.0417. The zero-order valence-electron chi connectivity index (χ0n) is 14.6. The lowest BCUT2D eigenvalue weighted by Crippen LogP contribution is -2.02. The van der Waals surface area contributed by atoms with Crippen molar-refractivity contribution >= 4 is 33.4 Å². The summed E-state index contributed by atoms with van der Waals surface area (Å²) in [4.78, 5) is 4.89. The van der Waals surface area contributed by atoms with Gasteiger partial charge in [-0.25, -0.2) is 4.98 Å². The van der Waals surface area contributed by atoms with E-state index in [-0.39, 0.29) is 0 Å². The Morgan fingerprint density at radius 2 is 1.52 bits per heavy atom. The Bertz CT molecular complexity index is 1260. The number of hydrogen-bond acceptors (Lipinski definition) is 1. The molecule has 5 aromatic rings. The average Bonchev–Trinajstić information content (AvgIpc) is 3.06. The number of hydrogen-bond donors (Lipinski definition) is 0. The first-order valence-corrected chi connectivity index (χ1v) is 9.35. The maximum absolute atomic E-state index is 6.29. The van der Waals surface area contributed by atoms with Crippen molar-refractivity contribution in [2.75, 3.05) is 0 Å². The van der Waals surface area contributed by atoms with Crippen molar-refractivity contribution in [1.82, 2.24) is 9.55 Å². The third-order valence-electron chi connectivity index (χ3n) is 4.90. The van der Waals surface area contributed by atoms with E-state index in [0.717, 1.165) is 34.0 Å². The molecule has 0 radical (unpaired) electrons. The number of nitrogens with zero attached hydrogens (tertiary/aromatic N) is 2. The molecule has 1 heterocycles. The van der Waals surface area contributed by atoms with Crippen molar-refractivity contribution in [1.29, 1.82) is 0 Å². The molecular formula is C24H17ClN2. The van der Waals surface area contributed by atoms with Gasteiger partial charge in [0.25, 0.3) is 0 Å². The molecule has 0 amide bonds. The molecule has 0 N–H and O–H groups in total. The summed E-state index contributed by atoms with van der Waals surface area (Å²) in [6.07, 6.45) is 0. The molecule has 0 fully saturated rings. The first-order chi connectivity index (χ1) is 13.3. The summed E-state index contributed by atoms with van der Waals surface area (Å²) in [5.74, 6) is 0.959. The maximum Gasteiger partial charge on any atom is 0.141 e. The first kappa shape index (κ1) is 16.1. The van der Waals surface area contributed by atoms with E-state index in [1.54, 1.807) is 0 Å². The summed E-state index contributed by atoms with van der Waals surface area (Å²) in [5.41, 5.74) is 4.35. The first-order valence-electron chi connectivity index (χ1n) is 8.97. The lowest BCUT2D eigenvalue weighted by atomic mass is 10.1. The van der Waals surface area contributed by atoms with E-state index in [2.05, 4.69) is 59.2 Å². The van der Waals surface area contributed by atoms with Gasteiger partial charge in [0.15, 0.2) is 0 Å². The number of benzene rings is 4. The van der Waals surface area contributed by atoms with E-state index < -0.39 is 0 Å². The number of fused-ring (bicyclic) bond motifs is 2. The van der Waals surface area contributed by atoms with Crippen LogP contribution in [0.3, 0.4) is 0 Å². The molecule has 0 atom stereocenters. The van der Waals surface area contributed by atoms with Crippen molar-refractivity contribution in [2.45, 2.75) is 6.54 Å². The van der Waals surface area contributed by atoms with Crippen molar-refractivity contribution in [3.63, 3.8) is 0 Å². The van der Waals surface area contributed by atoms with Crippen molar-refractivity contribution < 1.29 is 0 Å². The van der Waals surface area contributed by atoms with Crippen LogP contribution in [-0.2, 0) is 6.54 Å². The fourth-order valence-corrected chi connectivity index (χ4v) is 3.75. The average molecular weight is 369 g/mol. The molecule has 0 unspecified atom stereocenters. The third-order valence-corrected chi connectivity index (χ3v) is 5.13. The highest BCUT2D eigenvalue weighted by atomic mass is 35.5. The molecule has 5 rings (SSSR count). The van der Waals surface area contributed by atoms with Crippen LogP contribution in [0.25, 0.3) is 33.2 Å². The van der Waals surface area contributed by atoms with Gasteiger partial charge in [-0.05, 0) is 40.6 Å². The van der Waals surface area contributed by atoms with Gasteiger partial charge in [0.05, 0.1) is 11.0 Å². The van der Waals surface area contributed by atoms with Crippen molar-refractivity contribution in [3.05, 3.63) is 102 Å². The molecule has 3 heteroatoms. The number of halogens is 1. The standard InChI is InChI=1S/C24H17ClN2/c25-21-12-13-22-23(15-21)27(24(26-22)19-7-2-1-3-8-19)16-17-10-11-18-6-4-5-9-20(18)14-17/h1-15H,16H2. The molecule has 0 aliphatic heterocycles. The van der Waals surface area contributed by atoms with Crippen LogP contribution in [0, 0.1) is 0 Å². The van der Waals surface area contributed by atoms with Gasteiger partial charge >= 0.3 is 0 Å². The van der Waals surface area contributed by atoms with Crippen LogP contribution in [-0.4, -0.2) is 9.55 Å². The van der Waals surface area contributed by atoms with Gasteiger partial charge in [-0.2, -0.15) is 0 Å². The Kier molecular flexibility index (Phi) is 3.92. The van der Waals surface area contributed by atoms with Crippen LogP contribution in [0.15, 0.2) is 91.0 Å². The van der Waals surface area contributed by atoms with Crippen LogP contribution in [0.5, 0.6) is 0 Å². The summed E-state index contributed by atoms with van der Waals surface area (Å²) < 4.78 is 2.25. The predicted octanol–water partition coefficient (Wildman–Crippen LogP) is 6.56. The zero-order chi connectivity index (χ0) is 18.2. The van der Waals surface area contributed by atoms with Crippen molar-refractivity contribution in [3.8, 4) is 11.4 Å². The molecular weight excluding hydrogens is 352 g/mol. The Labute approximate surface area is 162 Å². The lowest BCUT2D eigenvalue weighted by Gasteiger charge is -2.11. The minimum absolute atomic E-state index is 0.724. The molecule has 0 aliphatic carbocycles. The smallest absolute Gasteiger partial charge is 0.141 e. The summed E-state index contributed by atoms with van der Waals surface area (Å²) in [6.45, 7) is 0.742.